The molecule has 26 heavy (non-hydrogen) atoms. The Bertz CT molecular complexity index is 653. The Labute approximate surface area is 156 Å². The van der Waals surface area contributed by atoms with Crippen LogP contribution in [0, 0.1) is 5.92 Å². The molecular formula is C21H31N3O2. The number of nitrogens with one attached hydrogen (secondary N) is 2. The number of anilines is 1. The largest absolute Gasteiger partial charge is 0.399 e. The molecule has 5 heteroatoms. The highest BCUT2D eigenvalue weighted by atomic mass is 16.2. The first kappa shape index (κ1) is 18.7. The molecule has 2 unspecified atom stereocenters. The first-order valence-electron chi connectivity index (χ1n) is 10.0. The van der Waals surface area contributed by atoms with Crippen molar-refractivity contribution in [2.75, 3.05) is 5.73 Å². The van der Waals surface area contributed by atoms with Crippen molar-refractivity contribution in [3.8, 4) is 0 Å². The normalized spacial score (nSPS) is 21.5. The third kappa shape index (κ3) is 4.77. The number of aryl methyl sites for hydroxylation is 1. The van der Waals surface area contributed by atoms with Gasteiger partial charge in [0.1, 0.15) is 0 Å². The summed E-state index contributed by atoms with van der Waals surface area (Å²) in [5.41, 5.74) is 9.06. The SMILES string of the molecule is CC(CC(=O)NC1CCCc2cc(N)ccc21)NC(=O)C1CCCCC1. The Morgan fingerprint density at radius 1 is 1.15 bits per heavy atom. The molecule has 2 amide bonds. The number of hydrogen-bond acceptors (Lipinski definition) is 3. The molecule has 3 rings (SSSR count). The van der Waals surface area contributed by atoms with Crippen molar-refractivity contribution in [3.63, 3.8) is 0 Å². The number of amides is 2. The standard InChI is InChI=1S/C21H31N3O2/c1-14(23-21(26)15-6-3-2-4-7-15)12-20(25)24-19-9-5-8-16-13-17(22)10-11-18(16)19/h10-11,13-15,19H,2-9,12,22H2,1H3,(H,23,26)(H,24,25). The van der Waals surface area contributed by atoms with Gasteiger partial charge in [0.05, 0.1) is 6.04 Å². The second-order valence-corrected chi connectivity index (χ2v) is 7.92. The van der Waals surface area contributed by atoms with Gasteiger partial charge in [0.2, 0.25) is 11.8 Å². The van der Waals surface area contributed by atoms with Crippen LogP contribution in [0.3, 0.4) is 0 Å². The van der Waals surface area contributed by atoms with Crippen molar-refractivity contribution in [3.05, 3.63) is 29.3 Å². The predicted molar refractivity (Wildman–Crippen MR) is 103 cm³/mol. The van der Waals surface area contributed by atoms with E-state index >= 15 is 0 Å². The Balaban J connectivity index is 1.50. The van der Waals surface area contributed by atoms with E-state index < -0.39 is 0 Å². The van der Waals surface area contributed by atoms with Crippen LogP contribution in [0.15, 0.2) is 18.2 Å². The van der Waals surface area contributed by atoms with E-state index in [2.05, 4.69) is 10.6 Å². The smallest absolute Gasteiger partial charge is 0.223 e. The summed E-state index contributed by atoms with van der Waals surface area (Å²) in [6, 6.07) is 5.85. The molecule has 1 fully saturated rings. The molecule has 1 aromatic rings. The number of fused-ring (bicyclic) bond motifs is 1. The molecular weight excluding hydrogens is 326 g/mol. The van der Waals surface area contributed by atoms with E-state index in [-0.39, 0.29) is 29.8 Å². The number of carbonyl (C=O) groups is 2. The maximum absolute atomic E-state index is 12.5. The Kier molecular flexibility index (Phi) is 6.17. The van der Waals surface area contributed by atoms with Crippen molar-refractivity contribution in [2.45, 2.75) is 76.8 Å². The van der Waals surface area contributed by atoms with Crippen LogP contribution < -0.4 is 16.4 Å². The summed E-state index contributed by atoms with van der Waals surface area (Å²) >= 11 is 0. The lowest BCUT2D eigenvalue weighted by Crippen LogP contribution is -2.41. The predicted octanol–water partition coefficient (Wildman–Crippen LogP) is 3.24. The lowest BCUT2D eigenvalue weighted by molar-refractivity contribution is -0.127. The molecule has 2 aliphatic carbocycles. The number of nitrogen functional groups attached to an aromatic ring is 1. The van der Waals surface area contributed by atoms with Crippen LogP contribution in [0.2, 0.25) is 0 Å². The van der Waals surface area contributed by atoms with Gasteiger partial charge in [-0.15, -0.1) is 0 Å². The van der Waals surface area contributed by atoms with Gasteiger partial charge in [0.15, 0.2) is 0 Å². The molecule has 2 atom stereocenters. The van der Waals surface area contributed by atoms with Gasteiger partial charge < -0.3 is 16.4 Å². The van der Waals surface area contributed by atoms with Gasteiger partial charge in [-0.1, -0.05) is 25.3 Å². The zero-order valence-corrected chi connectivity index (χ0v) is 15.7. The van der Waals surface area contributed by atoms with Crippen LogP contribution >= 0.6 is 0 Å². The molecule has 1 aromatic carbocycles. The van der Waals surface area contributed by atoms with Gasteiger partial charge in [-0.05, 0) is 62.3 Å². The van der Waals surface area contributed by atoms with E-state index in [0.29, 0.717) is 6.42 Å². The minimum Gasteiger partial charge on any atom is -0.399 e. The van der Waals surface area contributed by atoms with Gasteiger partial charge in [0, 0.05) is 24.1 Å². The van der Waals surface area contributed by atoms with Crippen LogP contribution in [-0.4, -0.2) is 17.9 Å². The van der Waals surface area contributed by atoms with Crippen LogP contribution in [0.1, 0.15) is 75.5 Å². The Morgan fingerprint density at radius 2 is 1.92 bits per heavy atom. The van der Waals surface area contributed by atoms with Crippen molar-refractivity contribution < 1.29 is 9.59 Å². The van der Waals surface area contributed by atoms with Crippen molar-refractivity contribution >= 4 is 17.5 Å². The van der Waals surface area contributed by atoms with Crippen LogP contribution in [-0.2, 0) is 16.0 Å². The molecule has 5 nitrogen and oxygen atoms in total. The fourth-order valence-electron chi connectivity index (χ4n) is 4.29. The molecule has 1 saturated carbocycles. The van der Waals surface area contributed by atoms with E-state index in [0.717, 1.165) is 50.6 Å². The topological polar surface area (TPSA) is 84.2 Å². The highest BCUT2D eigenvalue weighted by Gasteiger charge is 2.25. The minimum absolute atomic E-state index is 0.00359. The maximum Gasteiger partial charge on any atom is 0.223 e. The zero-order valence-electron chi connectivity index (χ0n) is 15.7. The molecule has 142 valence electrons. The third-order valence-electron chi connectivity index (χ3n) is 5.67. The first-order valence-corrected chi connectivity index (χ1v) is 10.0. The average molecular weight is 357 g/mol. The third-order valence-corrected chi connectivity index (χ3v) is 5.67. The van der Waals surface area contributed by atoms with E-state index in [1.165, 1.54) is 17.5 Å². The maximum atomic E-state index is 12.5. The number of rotatable bonds is 5. The Hall–Kier alpha value is -2.04. The van der Waals surface area contributed by atoms with Gasteiger partial charge in [0.25, 0.3) is 0 Å². The highest BCUT2D eigenvalue weighted by Crippen LogP contribution is 2.31. The van der Waals surface area contributed by atoms with Crippen LogP contribution in [0.5, 0.6) is 0 Å². The molecule has 0 aromatic heterocycles. The summed E-state index contributed by atoms with van der Waals surface area (Å²) in [6.45, 7) is 1.91. The minimum atomic E-state index is -0.140. The van der Waals surface area contributed by atoms with E-state index in [9.17, 15) is 9.59 Å². The van der Waals surface area contributed by atoms with Gasteiger partial charge in [-0.2, -0.15) is 0 Å². The lowest BCUT2D eigenvalue weighted by Gasteiger charge is -2.27. The van der Waals surface area contributed by atoms with Gasteiger partial charge in [-0.25, -0.2) is 0 Å². The molecule has 0 heterocycles. The summed E-state index contributed by atoms with van der Waals surface area (Å²) in [5.74, 6) is 0.240. The quantitative estimate of drug-likeness (QED) is 0.707. The average Bonchev–Trinajstić information content (AvgIpc) is 2.62. The van der Waals surface area contributed by atoms with E-state index in [1.54, 1.807) is 0 Å². The lowest BCUT2D eigenvalue weighted by atomic mass is 9.87. The highest BCUT2D eigenvalue weighted by molar-refractivity contribution is 5.81. The van der Waals surface area contributed by atoms with Crippen LogP contribution in [0.4, 0.5) is 5.69 Å². The molecule has 0 bridgehead atoms. The zero-order chi connectivity index (χ0) is 18.5. The summed E-state index contributed by atoms with van der Waals surface area (Å²) in [5, 5.41) is 6.18. The summed E-state index contributed by atoms with van der Waals surface area (Å²) in [4.78, 5) is 24.8. The monoisotopic (exact) mass is 357 g/mol. The molecule has 0 radical (unpaired) electrons. The fraction of sp³-hybridized carbons (Fsp3) is 0.619. The van der Waals surface area contributed by atoms with Crippen molar-refractivity contribution in [1.82, 2.24) is 10.6 Å². The number of carbonyl (C=O) groups excluding carboxylic acids is 2. The molecule has 0 spiro atoms. The Morgan fingerprint density at radius 3 is 2.69 bits per heavy atom. The number of benzene rings is 1. The van der Waals surface area contributed by atoms with Gasteiger partial charge in [-0.3, -0.25) is 9.59 Å². The molecule has 0 saturated heterocycles. The first-order chi connectivity index (χ1) is 12.5. The summed E-state index contributed by atoms with van der Waals surface area (Å²) < 4.78 is 0. The fourth-order valence-corrected chi connectivity index (χ4v) is 4.29. The summed E-state index contributed by atoms with van der Waals surface area (Å²) in [6.07, 6.45) is 8.80. The number of nitrogens with two attached hydrogens (primary N) is 1. The van der Waals surface area contributed by atoms with E-state index in [1.807, 2.05) is 25.1 Å². The molecule has 2 aliphatic rings. The second-order valence-electron chi connectivity index (χ2n) is 7.92. The van der Waals surface area contributed by atoms with Crippen LogP contribution in [0.25, 0.3) is 0 Å². The van der Waals surface area contributed by atoms with Crippen molar-refractivity contribution in [2.24, 2.45) is 5.92 Å². The number of hydrogen-bond donors (Lipinski definition) is 3. The second kappa shape index (κ2) is 8.56. The molecule has 4 N–H and O–H groups in total. The van der Waals surface area contributed by atoms with Crippen molar-refractivity contribution in [1.29, 1.82) is 0 Å². The van der Waals surface area contributed by atoms with E-state index in [4.69, 9.17) is 5.73 Å². The van der Waals surface area contributed by atoms with Gasteiger partial charge >= 0.3 is 0 Å². The molecule has 0 aliphatic heterocycles. The summed E-state index contributed by atoms with van der Waals surface area (Å²) in [7, 11) is 0.